The van der Waals surface area contributed by atoms with Gasteiger partial charge in [0.05, 0.1) is 13.1 Å². The Bertz CT molecular complexity index is 601. The average Bonchev–Trinajstić information content (AvgIpc) is 2.53. The number of nitrogens with two attached hydrogens (primary N) is 1. The molecule has 0 bridgehead atoms. The summed E-state index contributed by atoms with van der Waals surface area (Å²) >= 11 is 12.8. The topological polar surface area (TPSA) is 48.9 Å². The molecule has 0 amide bonds. The van der Waals surface area contributed by atoms with E-state index in [9.17, 15) is 4.89 Å². The number of rotatable bonds is 6. The van der Waals surface area contributed by atoms with Gasteiger partial charge in [0.15, 0.2) is 0 Å². The van der Waals surface area contributed by atoms with Crippen LogP contribution in [0.5, 0.6) is 5.75 Å². The van der Waals surface area contributed by atoms with E-state index < -0.39 is 5.69 Å². The Labute approximate surface area is 169 Å². The molecule has 132 valence electrons. The normalized spacial score (nSPS) is 12.7. The Balaban J connectivity index is 0.000000505. The first-order valence-corrected chi connectivity index (χ1v) is 13.0. The lowest BCUT2D eigenvalue weighted by Gasteiger charge is -2.27. The zero-order valence-electron chi connectivity index (χ0n) is 13.4. The monoisotopic (exact) mass is 511 g/mol. The SMILES string of the molecule is CC[NH2+]CC.[O-]P(=S)(Oc1ccc(Br)cc1)Sc1ccc(Br)cc1. The van der Waals surface area contributed by atoms with Gasteiger partial charge in [0, 0.05) is 13.8 Å². The van der Waals surface area contributed by atoms with Gasteiger partial charge >= 0.3 is 0 Å². The highest BCUT2D eigenvalue weighted by Gasteiger charge is 2.08. The van der Waals surface area contributed by atoms with E-state index in [1.807, 2.05) is 36.4 Å². The summed E-state index contributed by atoms with van der Waals surface area (Å²) in [6, 6.07) is 14.5. The van der Waals surface area contributed by atoms with Crippen molar-refractivity contribution >= 4 is 60.7 Å². The van der Waals surface area contributed by atoms with Crippen LogP contribution in [-0.4, -0.2) is 13.1 Å². The number of benzene rings is 2. The number of hydrogen-bond acceptors (Lipinski definition) is 4. The lowest BCUT2D eigenvalue weighted by Crippen LogP contribution is -2.82. The van der Waals surface area contributed by atoms with E-state index in [0.717, 1.165) is 25.2 Å². The van der Waals surface area contributed by atoms with Gasteiger partial charge in [-0.25, -0.2) is 0 Å². The highest BCUT2D eigenvalue weighted by atomic mass is 79.9. The summed E-state index contributed by atoms with van der Waals surface area (Å²) in [5.41, 5.74) is -3.20. The molecule has 24 heavy (non-hydrogen) atoms. The van der Waals surface area contributed by atoms with E-state index in [-0.39, 0.29) is 0 Å². The minimum absolute atomic E-state index is 0.506. The predicted molar refractivity (Wildman–Crippen MR) is 112 cm³/mol. The first kappa shape index (κ1) is 22.2. The summed E-state index contributed by atoms with van der Waals surface area (Å²) < 4.78 is 7.28. The Morgan fingerprint density at radius 1 is 1.00 bits per heavy atom. The van der Waals surface area contributed by atoms with Crippen LogP contribution in [-0.2, 0) is 11.8 Å². The van der Waals surface area contributed by atoms with Crippen molar-refractivity contribution < 1.29 is 14.7 Å². The fraction of sp³-hybridized carbons (Fsp3) is 0.250. The number of halogens is 2. The molecule has 0 spiro atoms. The van der Waals surface area contributed by atoms with Crippen molar-refractivity contribution in [1.29, 1.82) is 0 Å². The van der Waals surface area contributed by atoms with Crippen LogP contribution in [0.1, 0.15) is 13.8 Å². The van der Waals surface area contributed by atoms with E-state index >= 15 is 0 Å². The average molecular weight is 513 g/mol. The molecule has 1 atom stereocenters. The molecule has 1 unspecified atom stereocenters. The second-order valence-electron chi connectivity index (χ2n) is 4.64. The van der Waals surface area contributed by atoms with Crippen LogP contribution in [0.25, 0.3) is 0 Å². The molecule has 0 aliphatic heterocycles. The number of quaternary nitrogens is 1. The third-order valence-corrected chi connectivity index (χ3v) is 7.26. The van der Waals surface area contributed by atoms with Crippen LogP contribution < -0.4 is 14.7 Å². The summed E-state index contributed by atoms with van der Waals surface area (Å²) in [4.78, 5) is 13.1. The molecule has 0 fully saturated rings. The van der Waals surface area contributed by atoms with Crippen LogP contribution >= 0.6 is 48.9 Å². The maximum absolute atomic E-state index is 12.3. The Morgan fingerprint density at radius 3 is 1.88 bits per heavy atom. The standard InChI is InChI=1S/C12H9Br2O2PS2.C4H11N/c13-9-1-5-11(6-2-9)16-17(15,18)19-12-7-3-10(14)4-8-12;1-3-5-4-2/h1-8H,(H,15,18);5H,3-4H2,1-2H3. The molecular weight excluding hydrogens is 493 g/mol. The van der Waals surface area contributed by atoms with Gasteiger partial charge in [-0.2, -0.15) is 0 Å². The van der Waals surface area contributed by atoms with Crippen molar-refractivity contribution in [1.82, 2.24) is 0 Å². The van der Waals surface area contributed by atoms with Crippen LogP contribution in [0, 0.1) is 0 Å². The van der Waals surface area contributed by atoms with Gasteiger partial charge in [0.2, 0.25) is 0 Å². The van der Waals surface area contributed by atoms with Crippen molar-refractivity contribution in [2.75, 3.05) is 13.1 Å². The lowest BCUT2D eigenvalue weighted by molar-refractivity contribution is -0.648. The summed E-state index contributed by atoms with van der Waals surface area (Å²) in [6.45, 7) is 6.75. The molecule has 2 aromatic rings. The summed E-state index contributed by atoms with van der Waals surface area (Å²) in [5.74, 6) is 0.506. The first-order valence-electron chi connectivity index (χ1n) is 7.39. The fourth-order valence-corrected chi connectivity index (χ4v) is 5.56. The van der Waals surface area contributed by atoms with Gasteiger partial charge in [-0.3, -0.25) is 0 Å². The molecule has 0 radical (unpaired) electrons. The molecular formula is C16H20Br2NO2PS2. The summed E-state index contributed by atoms with van der Waals surface area (Å²) in [5, 5.41) is 2.25. The highest BCUT2D eigenvalue weighted by Crippen LogP contribution is 2.55. The van der Waals surface area contributed by atoms with Crippen molar-refractivity contribution in [3.63, 3.8) is 0 Å². The maximum Gasteiger partial charge on any atom is 0.123 e. The first-order chi connectivity index (χ1) is 11.4. The lowest BCUT2D eigenvalue weighted by atomic mass is 10.3. The van der Waals surface area contributed by atoms with Crippen molar-refractivity contribution in [3.05, 3.63) is 57.5 Å². The molecule has 0 aliphatic rings. The predicted octanol–water partition coefficient (Wildman–Crippen LogP) is 4.56. The molecule has 0 heterocycles. The molecule has 0 saturated heterocycles. The smallest absolute Gasteiger partial charge is 0.123 e. The van der Waals surface area contributed by atoms with Crippen molar-refractivity contribution in [2.24, 2.45) is 0 Å². The minimum Gasteiger partial charge on any atom is -0.783 e. The minimum atomic E-state index is -3.20. The summed E-state index contributed by atoms with van der Waals surface area (Å²) in [6.07, 6.45) is 0. The van der Waals surface area contributed by atoms with E-state index in [1.54, 1.807) is 12.1 Å². The maximum atomic E-state index is 12.3. The molecule has 3 nitrogen and oxygen atoms in total. The van der Waals surface area contributed by atoms with E-state index in [2.05, 4.69) is 51.0 Å². The Hall–Kier alpha value is 0.120. The number of hydrogen-bond donors (Lipinski definition) is 1. The van der Waals surface area contributed by atoms with Crippen LogP contribution in [0.3, 0.4) is 0 Å². The molecule has 2 aromatic carbocycles. The Morgan fingerprint density at radius 2 is 1.46 bits per heavy atom. The largest absolute Gasteiger partial charge is 0.783 e. The van der Waals surface area contributed by atoms with E-state index in [4.69, 9.17) is 16.3 Å². The van der Waals surface area contributed by atoms with Crippen molar-refractivity contribution in [3.8, 4) is 5.75 Å². The summed E-state index contributed by atoms with van der Waals surface area (Å²) in [7, 11) is 0. The Kier molecular flexibility index (Phi) is 10.8. The fourth-order valence-electron chi connectivity index (χ4n) is 1.56. The van der Waals surface area contributed by atoms with Gasteiger partial charge in [0.1, 0.15) is 11.4 Å². The highest BCUT2D eigenvalue weighted by molar-refractivity contribution is 9.10. The third kappa shape index (κ3) is 9.56. The molecule has 2 N–H and O–H groups in total. The zero-order chi connectivity index (χ0) is 18.0. The second kappa shape index (κ2) is 11.7. The quantitative estimate of drug-likeness (QED) is 0.576. The molecule has 0 aliphatic carbocycles. The second-order valence-corrected chi connectivity index (χ2v) is 12.3. The van der Waals surface area contributed by atoms with Gasteiger partial charge in [0.25, 0.3) is 0 Å². The van der Waals surface area contributed by atoms with E-state index in [0.29, 0.717) is 5.75 Å². The van der Waals surface area contributed by atoms with Crippen LogP contribution in [0.15, 0.2) is 62.4 Å². The molecule has 0 aromatic heterocycles. The molecule has 0 saturated carbocycles. The van der Waals surface area contributed by atoms with E-state index in [1.165, 1.54) is 13.1 Å². The van der Waals surface area contributed by atoms with Crippen LogP contribution in [0.2, 0.25) is 0 Å². The molecule has 2 rings (SSSR count). The molecule has 8 heteroatoms. The van der Waals surface area contributed by atoms with Gasteiger partial charge < -0.3 is 14.7 Å². The third-order valence-electron chi connectivity index (χ3n) is 2.64. The van der Waals surface area contributed by atoms with Gasteiger partial charge in [-0.15, -0.1) is 0 Å². The van der Waals surface area contributed by atoms with Gasteiger partial charge in [-0.1, -0.05) is 55.0 Å². The zero-order valence-corrected chi connectivity index (χ0v) is 19.1. The van der Waals surface area contributed by atoms with Crippen molar-refractivity contribution in [2.45, 2.75) is 18.7 Å². The van der Waals surface area contributed by atoms with Gasteiger partial charge in [-0.05, 0) is 62.4 Å². The van der Waals surface area contributed by atoms with Crippen LogP contribution in [0.4, 0.5) is 0 Å².